The minimum Gasteiger partial charge on any atom is -0.466 e. The Balaban J connectivity index is 1.15. The van der Waals surface area contributed by atoms with Crippen LogP contribution in [-0.2, 0) is 25.1 Å². The molecule has 4 saturated heterocycles. The SMILES string of the molecule is CC[C@]12C=CCN3CCC4(c5ccccc5N(C)[C@]45O[C@@]4(CC)C[C@@H]6CC(C(=O)OC)=C7Nc8ccccc8[C@]78CCN([C@H]4[C@@H]5C1)[C@H]68)[C@@H]32. The zero-order valence-corrected chi connectivity index (χ0v) is 28.8. The fourth-order valence-corrected chi connectivity index (χ4v) is 14.7. The number of piperidine rings is 1. The number of methoxy groups -OCH3 is 1. The van der Waals surface area contributed by atoms with Crippen molar-refractivity contribution in [1.29, 1.82) is 0 Å². The lowest BCUT2D eigenvalue weighted by molar-refractivity contribution is -0.195. The molecule has 9 aliphatic rings. The van der Waals surface area contributed by atoms with Crippen LogP contribution < -0.4 is 10.2 Å². The Kier molecular flexibility index (Phi) is 5.35. The molecule has 11 rings (SSSR count). The lowest BCUT2D eigenvalue weighted by Crippen LogP contribution is -2.74. The van der Waals surface area contributed by atoms with Gasteiger partial charge in [-0.15, -0.1) is 0 Å². The maximum Gasteiger partial charge on any atom is 0.335 e. The Morgan fingerprint density at radius 3 is 2.62 bits per heavy atom. The molecule has 2 aromatic rings. The van der Waals surface area contributed by atoms with Crippen LogP contribution in [0.25, 0.3) is 0 Å². The van der Waals surface area contributed by atoms with Crippen molar-refractivity contribution in [3.05, 3.63) is 83.1 Å². The Labute approximate surface area is 284 Å². The molecule has 7 heterocycles. The molecule has 0 radical (unpaired) electrons. The number of carbonyl (C=O) groups excluding carboxylic acids is 1. The number of benzene rings is 2. The average molecular weight is 645 g/mol. The molecule has 1 unspecified atom stereocenters. The lowest BCUT2D eigenvalue weighted by atomic mass is 9.47. The summed E-state index contributed by atoms with van der Waals surface area (Å²) >= 11 is 0. The van der Waals surface area contributed by atoms with Crippen molar-refractivity contribution >= 4 is 17.3 Å². The number of nitrogens with zero attached hydrogens (tertiary/aromatic N) is 3. The molecule has 0 amide bonds. The zero-order valence-electron chi connectivity index (χ0n) is 28.8. The zero-order chi connectivity index (χ0) is 32.4. The van der Waals surface area contributed by atoms with Crippen molar-refractivity contribution in [2.45, 2.75) is 99.1 Å². The molecule has 1 saturated carbocycles. The molecule has 7 aliphatic heterocycles. The highest BCUT2D eigenvalue weighted by atomic mass is 16.6. The van der Waals surface area contributed by atoms with Crippen molar-refractivity contribution in [2.24, 2.45) is 17.3 Å². The second-order valence-corrected chi connectivity index (χ2v) is 16.7. The lowest BCUT2D eigenvalue weighted by Gasteiger charge is -2.63. The Bertz CT molecular complexity index is 1860. The van der Waals surface area contributed by atoms with Crippen molar-refractivity contribution in [3.63, 3.8) is 0 Å². The van der Waals surface area contributed by atoms with Crippen LogP contribution in [0.5, 0.6) is 0 Å². The van der Waals surface area contributed by atoms with Gasteiger partial charge in [-0.05, 0) is 80.7 Å². The summed E-state index contributed by atoms with van der Waals surface area (Å²) in [6, 6.07) is 19.2. The van der Waals surface area contributed by atoms with E-state index in [1.165, 1.54) is 16.8 Å². The van der Waals surface area contributed by atoms with Gasteiger partial charge in [0.05, 0.1) is 29.1 Å². The van der Waals surface area contributed by atoms with Crippen LogP contribution in [0.2, 0.25) is 0 Å². The Morgan fingerprint density at radius 1 is 1.00 bits per heavy atom. The molecule has 7 heteroatoms. The predicted molar refractivity (Wildman–Crippen MR) is 186 cm³/mol. The largest absolute Gasteiger partial charge is 0.466 e. The van der Waals surface area contributed by atoms with Gasteiger partial charge in [0.15, 0.2) is 5.72 Å². The monoisotopic (exact) mass is 644 g/mol. The number of hydrogen-bond acceptors (Lipinski definition) is 7. The average Bonchev–Trinajstić information content (AvgIpc) is 3.91. The highest BCUT2D eigenvalue weighted by molar-refractivity contribution is 5.93. The molecule has 2 aromatic carbocycles. The van der Waals surface area contributed by atoms with E-state index < -0.39 is 5.72 Å². The molecular formula is C41H48N4O3. The van der Waals surface area contributed by atoms with Crippen LogP contribution >= 0.6 is 0 Å². The number of anilines is 2. The van der Waals surface area contributed by atoms with E-state index in [1.54, 1.807) is 7.11 Å². The first kappa shape index (κ1) is 28.7. The smallest absolute Gasteiger partial charge is 0.335 e. The molecule has 7 nitrogen and oxygen atoms in total. The van der Waals surface area contributed by atoms with E-state index >= 15 is 0 Å². The van der Waals surface area contributed by atoms with Gasteiger partial charge in [0.25, 0.3) is 0 Å². The summed E-state index contributed by atoms with van der Waals surface area (Å²) in [7, 11) is 3.91. The normalized spacial score (nSPS) is 45.4. The van der Waals surface area contributed by atoms with Gasteiger partial charge < -0.3 is 19.7 Å². The first-order valence-corrected chi connectivity index (χ1v) is 18.8. The number of carbonyl (C=O) groups is 1. The molecule has 250 valence electrons. The Morgan fingerprint density at radius 2 is 1.81 bits per heavy atom. The van der Waals surface area contributed by atoms with Crippen LogP contribution in [0.1, 0.15) is 69.9 Å². The van der Waals surface area contributed by atoms with E-state index in [-0.39, 0.29) is 27.8 Å². The Hall–Kier alpha value is -3.13. The van der Waals surface area contributed by atoms with Gasteiger partial charge in [-0.3, -0.25) is 9.80 Å². The molecule has 48 heavy (non-hydrogen) atoms. The van der Waals surface area contributed by atoms with Crippen LogP contribution in [0.4, 0.5) is 11.4 Å². The summed E-state index contributed by atoms with van der Waals surface area (Å²) in [5.41, 5.74) is 6.45. The fourth-order valence-electron chi connectivity index (χ4n) is 14.7. The van der Waals surface area contributed by atoms with Crippen molar-refractivity contribution in [2.75, 3.05) is 44.0 Å². The maximum atomic E-state index is 13.6. The minimum absolute atomic E-state index is 0.105. The second-order valence-electron chi connectivity index (χ2n) is 16.7. The number of fused-ring (bicyclic) bond motifs is 5. The molecule has 2 aliphatic carbocycles. The molecule has 1 N–H and O–H groups in total. The van der Waals surface area contributed by atoms with E-state index in [1.807, 2.05) is 0 Å². The standard InChI is InChI=1S/C41H48N4O3/c1-5-37-16-11-19-44-20-18-40(36(37)44)28-13-8-10-15-31(28)43(3)41(40)29(24-37)34-38(6-2,48-41)23-25-22-26(35(46)47-4)32-39(17-21-45(34)33(25)39)27-12-7-9-14-30(27)42-32/h7-16,25,29,33-34,36,42H,5-6,17-24H2,1-4H3/t25-,29-,33+,34-,36-,37-,38-,39+,40?,41+/m0/s1. The number of para-hydroxylation sites is 2. The van der Waals surface area contributed by atoms with Crippen molar-refractivity contribution < 1.29 is 14.3 Å². The fraction of sp³-hybridized carbons (Fsp3) is 0.585. The van der Waals surface area contributed by atoms with Gasteiger partial charge in [-0.1, -0.05) is 62.4 Å². The van der Waals surface area contributed by atoms with E-state index in [4.69, 9.17) is 9.47 Å². The topological polar surface area (TPSA) is 57.3 Å². The maximum absolute atomic E-state index is 13.6. The third-order valence-corrected chi connectivity index (χ3v) is 15.8. The molecule has 3 spiro atoms. The second kappa shape index (κ2) is 8.96. The van der Waals surface area contributed by atoms with Crippen LogP contribution in [0.3, 0.4) is 0 Å². The van der Waals surface area contributed by atoms with Crippen LogP contribution in [-0.4, -0.2) is 79.0 Å². The summed E-state index contributed by atoms with van der Waals surface area (Å²) in [6.07, 6.45) is 12.3. The summed E-state index contributed by atoms with van der Waals surface area (Å²) in [4.78, 5) is 22.1. The van der Waals surface area contributed by atoms with Crippen molar-refractivity contribution in [1.82, 2.24) is 9.80 Å². The molecule has 5 fully saturated rings. The van der Waals surface area contributed by atoms with Gasteiger partial charge in [-0.2, -0.15) is 0 Å². The van der Waals surface area contributed by atoms with Crippen LogP contribution in [0.15, 0.2) is 72.0 Å². The molecule has 0 aromatic heterocycles. The summed E-state index contributed by atoms with van der Waals surface area (Å²) < 4.78 is 13.8. The highest BCUT2D eigenvalue weighted by Gasteiger charge is 2.84. The van der Waals surface area contributed by atoms with Gasteiger partial charge in [-0.25, -0.2) is 4.79 Å². The number of esters is 1. The third kappa shape index (κ3) is 2.76. The number of hydrogen-bond donors (Lipinski definition) is 1. The van der Waals surface area contributed by atoms with E-state index in [0.29, 0.717) is 30.0 Å². The molecule has 10 atom stereocenters. The highest BCUT2D eigenvalue weighted by Crippen LogP contribution is 2.76. The van der Waals surface area contributed by atoms with Crippen LogP contribution in [0, 0.1) is 17.3 Å². The van der Waals surface area contributed by atoms with E-state index in [9.17, 15) is 4.79 Å². The third-order valence-electron chi connectivity index (χ3n) is 15.8. The van der Waals surface area contributed by atoms with E-state index in [2.05, 4.69) is 102 Å². The first-order chi connectivity index (χ1) is 23.4. The molecular weight excluding hydrogens is 596 g/mol. The number of likely N-dealkylation sites (N-methyl/N-ethyl adjacent to an activating group) is 1. The quantitative estimate of drug-likeness (QED) is 0.327. The number of rotatable bonds is 3. The summed E-state index contributed by atoms with van der Waals surface area (Å²) in [5.74, 6) is 0.480. The van der Waals surface area contributed by atoms with Crippen molar-refractivity contribution in [3.8, 4) is 0 Å². The van der Waals surface area contributed by atoms with Gasteiger partial charge in [0, 0.05) is 66.7 Å². The van der Waals surface area contributed by atoms with Gasteiger partial charge >= 0.3 is 5.97 Å². The number of ether oxygens (including phenoxy) is 2. The van der Waals surface area contributed by atoms with E-state index in [0.717, 1.165) is 81.5 Å². The number of nitrogens with one attached hydrogen (secondary N) is 1. The van der Waals surface area contributed by atoms with Gasteiger partial charge in [0.2, 0.25) is 0 Å². The summed E-state index contributed by atoms with van der Waals surface area (Å²) in [6.45, 7) is 8.03. The minimum atomic E-state index is -0.419. The predicted octanol–water partition coefficient (Wildman–Crippen LogP) is 5.97. The first-order valence-electron chi connectivity index (χ1n) is 18.8. The summed E-state index contributed by atoms with van der Waals surface area (Å²) in [5, 5.41) is 3.82. The molecule has 0 bridgehead atoms. The van der Waals surface area contributed by atoms with Gasteiger partial charge in [0.1, 0.15) is 0 Å².